The Morgan fingerprint density at radius 3 is 2.77 bits per heavy atom. The molecule has 1 rings (SSSR count). The second-order valence-electron chi connectivity index (χ2n) is 4.38. The van der Waals surface area contributed by atoms with E-state index in [2.05, 4.69) is 44.3 Å². The van der Waals surface area contributed by atoms with E-state index in [1.165, 1.54) is 18.4 Å². The van der Waals surface area contributed by atoms with Crippen LogP contribution in [0.5, 0.6) is 0 Å². The molecular formula is C11H20N2. The summed E-state index contributed by atoms with van der Waals surface area (Å²) in [7, 11) is 0. The molecule has 0 aromatic rings. The van der Waals surface area contributed by atoms with E-state index in [1.54, 1.807) is 0 Å². The van der Waals surface area contributed by atoms with Gasteiger partial charge in [0.2, 0.25) is 0 Å². The predicted octanol–water partition coefficient (Wildman–Crippen LogP) is 2.72. The lowest BCUT2D eigenvalue weighted by molar-refractivity contribution is 0.499. The van der Waals surface area contributed by atoms with Crippen LogP contribution in [-0.2, 0) is 0 Å². The van der Waals surface area contributed by atoms with Gasteiger partial charge in [-0.25, -0.2) is 0 Å². The van der Waals surface area contributed by atoms with Gasteiger partial charge in [-0.15, -0.1) is 0 Å². The van der Waals surface area contributed by atoms with Crippen molar-refractivity contribution in [3.8, 4) is 0 Å². The standard InChI is InChI=1S/C11H20N2/c1-5-6-9(2)7-10-8-12-13-11(10,3)4/h7-9,13H,5-6H2,1-4H3/b10-7-. The normalized spacial score (nSPS) is 24.8. The maximum absolute atomic E-state index is 4.09. The fourth-order valence-corrected chi connectivity index (χ4v) is 1.59. The summed E-state index contributed by atoms with van der Waals surface area (Å²) in [6, 6.07) is 0. The molecule has 0 fully saturated rings. The second kappa shape index (κ2) is 3.95. The first kappa shape index (κ1) is 10.3. The Morgan fingerprint density at radius 2 is 2.31 bits per heavy atom. The van der Waals surface area contributed by atoms with E-state index in [0.29, 0.717) is 5.92 Å². The minimum atomic E-state index is 0.0298. The minimum Gasteiger partial charge on any atom is -0.300 e. The smallest absolute Gasteiger partial charge is 0.0753 e. The van der Waals surface area contributed by atoms with Crippen molar-refractivity contribution in [2.45, 2.75) is 46.1 Å². The van der Waals surface area contributed by atoms with Crippen molar-refractivity contribution in [2.75, 3.05) is 0 Å². The van der Waals surface area contributed by atoms with Gasteiger partial charge in [0, 0.05) is 0 Å². The average molecular weight is 180 g/mol. The van der Waals surface area contributed by atoms with Crippen LogP contribution in [0.25, 0.3) is 0 Å². The molecule has 0 saturated carbocycles. The lowest BCUT2D eigenvalue weighted by Crippen LogP contribution is -2.33. The summed E-state index contributed by atoms with van der Waals surface area (Å²) in [5.41, 5.74) is 4.44. The second-order valence-corrected chi connectivity index (χ2v) is 4.38. The summed E-state index contributed by atoms with van der Waals surface area (Å²) >= 11 is 0. The van der Waals surface area contributed by atoms with E-state index in [4.69, 9.17) is 0 Å². The molecule has 0 aromatic carbocycles. The minimum absolute atomic E-state index is 0.0298. The van der Waals surface area contributed by atoms with E-state index in [0.717, 1.165) is 0 Å². The number of hydrazone groups is 1. The van der Waals surface area contributed by atoms with E-state index in [9.17, 15) is 0 Å². The molecule has 0 aliphatic carbocycles. The molecule has 74 valence electrons. The predicted molar refractivity (Wildman–Crippen MR) is 57.9 cm³/mol. The zero-order valence-corrected chi connectivity index (χ0v) is 9.09. The molecule has 1 atom stereocenters. The lowest BCUT2D eigenvalue weighted by atomic mass is 9.92. The summed E-state index contributed by atoms with van der Waals surface area (Å²) in [4.78, 5) is 0. The molecule has 13 heavy (non-hydrogen) atoms. The molecule has 0 spiro atoms. The van der Waals surface area contributed by atoms with Crippen molar-refractivity contribution in [3.63, 3.8) is 0 Å². The Bertz CT molecular complexity index is 226. The maximum atomic E-state index is 4.09. The Morgan fingerprint density at radius 1 is 1.62 bits per heavy atom. The van der Waals surface area contributed by atoms with Gasteiger partial charge in [-0.3, -0.25) is 0 Å². The van der Waals surface area contributed by atoms with Crippen LogP contribution in [-0.4, -0.2) is 11.8 Å². The Labute approximate surface area is 81.1 Å². The summed E-state index contributed by atoms with van der Waals surface area (Å²) in [5, 5.41) is 4.09. The zero-order chi connectivity index (χ0) is 9.90. The van der Waals surface area contributed by atoms with Gasteiger partial charge in [0.15, 0.2) is 0 Å². The van der Waals surface area contributed by atoms with Gasteiger partial charge in [-0.2, -0.15) is 5.10 Å². The largest absolute Gasteiger partial charge is 0.300 e. The van der Waals surface area contributed by atoms with Crippen LogP contribution >= 0.6 is 0 Å². The van der Waals surface area contributed by atoms with Crippen LogP contribution in [0.4, 0.5) is 0 Å². The first-order chi connectivity index (χ1) is 6.06. The molecule has 0 aromatic heterocycles. The van der Waals surface area contributed by atoms with E-state index >= 15 is 0 Å². The number of allylic oxidation sites excluding steroid dienone is 1. The molecular weight excluding hydrogens is 160 g/mol. The molecule has 1 heterocycles. The van der Waals surface area contributed by atoms with Gasteiger partial charge < -0.3 is 5.43 Å². The van der Waals surface area contributed by atoms with Crippen LogP contribution in [0.15, 0.2) is 16.8 Å². The third-order valence-electron chi connectivity index (χ3n) is 2.48. The van der Waals surface area contributed by atoms with Crippen LogP contribution in [0.1, 0.15) is 40.5 Å². The number of nitrogens with one attached hydrogen (secondary N) is 1. The van der Waals surface area contributed by atoms with Gasteiger partial charge in [0.05, 0.1) is 11.8 Å². The Hall–Kier alpha value is -0.790. The van der Waals surface area contributed by atoms with E-state index < -0.39 is 0 Å². The third-order valence-corrected chi connectivity index (χ3v) is 2.48. The molecule has 0 bridgehead atoms. The summed E-state index contributed by atoms with van der Waals surface area (Å²) in [6.45, 7) is 8.80. The molecule has 1 aliphatic heterocycles. The van der Waals surface area contributed by atoms with E-state index in [1.807, 2.05) is 6.21 Å². The first-order valence-electron chi connectivity index (χ1n) is 5.09. The highest BCUT2D eigenvalue weighted by Crippen LogP contribution is 2.21. The van der Waals surface area contributed by atoms with Crippen molar-refractivity contribution in [3.05, 3.63) is 11.6 Å². The Balaban J connectivity index is 2.64. The maximum Gasteiger partial charge on any atom is 0.0753 e. The van der Waals surface area contributed by atoms with Crippen LogP contribution in [0.2, 0.25) is 0 Å². The first-order valence-corrected chi connectivity index (χ1v) is 5.09. The van der Waals surface area contributed by atoms with Gasteiger partial charge in [-0.1, -0.05) is 26.3 Å². The van der Waals surface area contributed by atoms with Crippen molar-refractivity contribution < 1.29 is 0 Å². The Kier molecular flexibility index (Phi) is 3.12. The van der Waals surface area contributed by atoms with Crippen molar-refractivity contribution in [2.24, 2.45) is 11.0 Å². The van der Waals surface area contributed by atoms with Gasteiger partial charge in [-0.05, 0) is 31.8 Å². The highest BCUT2D eigenvalue weighted by molar-refractivity contribution is 5.83. The molecule has 0 radical (unpaired) electrons. The van der Waals surface area contributed by atoms with Crippen LogP contribution < -0.4 is 5.43 Å². The highest BCUT2D eigenvalue weighted by Gasteiger charge is 2.25. The average Bonchev–Trinajstić information content (AvgIpc) is 2.31. The molecule has 2 heteroatoms. The van der Waals surface area contributed by atoms with Crippen molar-refractivity contribution >= 4 is 6.21 Å². The van der Waals surface area contributed by atoms with Crippen molar-refractivity contribution in [1.82, 2.24) is 5.43 Å². The highest BCUT2D eigenvalue weighted by atomic mass is 15.3. The van der Waals surface area contributed by atoms with Gasteiger partial charge in [0.1, 0.15) is 0 Å². The van der Waals surface area contributed by atoms with Crippen LogP contribution in [0, 0.1) is 5.92 Å². The molecule has 0 saturated heterocycles. The number of rotatable bonds is 3. The summed E-state index contributed by atoms with van der Waals surface area (Å²) in [6.07, 6.45) is 6.77. The molecule has 1 N–H and O–H groups in total. The summed E-state index contributed by atoms with van der Waals surface area (Å²) < 4.78 is 0. The zero-order valence-electron chi connectivity index (χ0n) is 9.09. The topological polar surface area (TPSA) is 24.4 Å². The molecule has 1 aliphatic rings. The fraction of sp³-hybridized carbons (Fsp3) is 0.727. The fourth-order valence-electron chi connectivity index (χ4n) is 1.59. The SMILES string of the molecule is CCCC(C)/C=C1/C=NNC1(C)C. The monoisotopic (exact) mass is 180 g/mol. The van der Waals surface area contributed by atoms with Gasteiger partial charge >= 0.3 is 0 Å². The number of nitrogens with zero attached hydrogens (tertiary/aromatic N) is 1. The quantitative estimate of drug-likeness (QED) is 0.709. The van der Waals surface area contributed by atoms with Crippen molar-refractivity contribution in [1.29, 1.82) is 0 Å². The summed E-state index contributed by atoms with van der Waals surface area (Å²) in [5.74, 6) is 0.658. The molecule has 2 nitrogen and oxygen atoms in total. The molecule has 1 unspecified atom stereocenters. The van der Waals surface area contributed by atoms with Gasteiger partial charge in [0.25, 0.3) is 0 Å². The van der Waals surface area contributed by atoms with E-state index in [-0.39, 0.29) is 5.54 Å². The third kappa shape index (κ3) is 2.58. The molecule has 0 amide bonds. The van der Waals surface area contributed by atoms with Crippen LogP contribution in [0.3, 0.4) is 0 Å². The lowest BCUT2D eigenvalue weighted by Gasteiger charge is -2.20. The number of hydrogen-bond acceptors (Lipinski definition) is 2. The number of hydrogen-bond donors (Lipinski definition) is 1.